The second kappa shape index (κ2) is 9.71. The predicted octanol–water partition coefficient (Wildman–Crippen LogP) is 5.15. The van der Waals surface area contributed by atoms with Gasteiger partial charge in [-0.3, -0.25) is 4.79 Å². The van der Waals surface area contributed by atoms with Crippen LogP contribution in [0.5, 0.6) is 5.75 Å². The number of halogens is 1. The molecule has 0 saturated heterocycles. The second-order valence-electron chi connectivity index (χ2n) is 6.45. The van der Waals surface area contributed by atoms with Crippen molar-refractivity contribution in [3.63, 3.8) is 0 Å². The number of aryl methyl sites for hydroxylation is 1. The quantitative estimate of drug-likeness (QED) is 0.554. The molecule has 146 valence electrons. The van der Waals surface area contributed by atoms with Crippen LogP contribution in [-0.4, -0.2) is 23.5 Å². The van der Waals surface area contributed by atoms with Crippen molar-refractivity contribution in [1.29, 1.82) is 0 Å². The Kier molecular flexibility index (Phi) is 7.06. The summed E-state index contributed by atoms with van der Waals surface area (Å²) in [5.74, 6) is 0.569. The van der Waals surface area contributed by atoms with Gasteiger partial charge in [-0.05, 0) is 43.2 Å². The molecule has 0 aliphatic carbocycles. The lowest BCUT2D eigenvalue weighted by Crippen LogP contribution is -2.37. The molecule has 0 radical (unpaired) electrons. The van der Waals surface area contributed by atoms with Crippen molar-refractivity contribution in [1.82, 2.24) is 10.3 Å². The van der Waals surface area contributed by atoms with Crippen molar-refractivity contribution >= 4 is 28.8 Å². The van der Waals surface area contributed by atoms with Gasteiger partial charge in [-0.15, -0.1) is 11.3 Å². The Hall–Kier alpha value is -2.37. The lowest BCUT2D eigenvalue weighted by atomic mass is 10.2. The molecule has 4 nitrogen and oxygen atoms in total. The summed E-state index contributed by atoms with van der Waals surface area (Å²) in [7, 11) is 0. The molecule has 0 bridgehead atoms. The highest BCUT2D eigenvalue weighted by atomic mass is 35.5. The van der Waals surface area contributed by atoms with Crippen LogP contribution in [0, 0.1) is 0 Å². The van der Waals surface area contributed by atoms with Crippen LogP contribution in [0.1, 0.15) is 25.1 Å². The molecule has 28 heavy (non-hydrogen) atoms. The van der Waals surface area contributed by atoms with E-state index in [1.807, 2.05) is 53.9 Å². The summed E-state index contributed by atoms with van der Waals surface area (Å²) >= 11 is 7.51. The molecule has 1 heterocycles. The molecule has 1 atom stereocenters. The predicted molar refractivity (Wildman–Crippen MR) is 115 cm³/mol. The van der Waals surface area contributed by atoms with Crippen molar-refractivity contribution in [3.8, 4) is 16.3 Å². The van der Waals surface area contributed by atoms with Gasteiger partial charge in [0.25, 0.3) is 5.91 Å². The van der Waals surface area contributed by atoms with E-state index in [0.29, 0.717) is 23.7 Å². The first-order chi connectivity index (χ1) is 13.5. The van der Waals surface area contributed by atoms with Crippen molar-refractivity contribution in [2.75, 3.05) is 6.54 Å². The molecular weight excluding hydrogens is 392 g/mol. The van der Waals surface area contributed by atoms with E-state index >= 15 is 0 Å². The van der Waals surface area contributed by atoms with E-state index in [1.165, 1.54) is 5.56 Å². The first-order valence-electron chi connectivity index (χ1n) is 9.29. The van der Waals surface area contributed by atoms with Gasteiger partial charge < -0.3 is 10.1 Å². The molecule has 3 rings (SSSR count). The lowest BCUT2D eigenvalue weighted by molar-refractivity contribution is -0.127. The minimum atomic E-state index is -0.549. The van der Waals surface area contributed by atoms with Crippen LogP contribution < -0.4 is 10.1 Å². The maximum absolute atomic E-state index is 12.3. The van der Waals surface area contributed by atoms with Gasteiger partial charge >= 0.3 is 0 Å². The Morgan fingerprint density at radius 2 is 1.89 bits per heavy atom. The molecule has 3 aromatic rings. The number of nitrogens with one attached hydrogen (secondary N) is 1. The van der Waals surface area contributed by atoms with E-state index in [2.05, 4.69) is 17.2 Å². The zero-order valence-corrected chi connectivity index (χ0v) is 17.5. The molecule has 0 unspecified atom stereocenters. The number of ether oxygens (including phenoxy) is 1. The van der Waals surface area contributed by atoms with E-state index in [0.717, 1.165) is 22.7 Å². The summed E-state index contributed by atoms with van der Waals surface area (Å²) < 4.78 is 5.71. The average Bonchev–Trinajstić information content (AvgIpc) is 3.18. The van der Waals surface area contributed by atoms with Crippen LogP contribution in [0.25, 0.3) is 10.6 Å². The molecule has 0 spiro atoms. The van der Waals surface area contributed by atoms with E-state index in [1.54, 1.807) is 18.3 Å². The van der Waals surface area contributed by atoms with Crippen molar-refractivity contribution < 1.29 is 9.53 Å². The SMILES string of the molecule is CCc1ccc(O[C@@H](C)C(=O)NCCc2csc(-c3ccc(Cl)cc3)n2)cc1. The van der Waals surface area contributed by atoms with Gasteiger partial charge in [-0.2, -0.15) is 0 Å². The highest BCUT2D eigenvalue weighted by Crippen LogP contribution is 2.25. The smallest absolute Gasteiger partial charge is 0.260 e. The summed E-state index contributed by atoms with van der Waals surface area (Å²) in [6.45, 7) is 4.38. The Morgan fingerprint density at radius 3 is 2.57 bits per heavy atom. The Balaban J connectivity index is 1.46. The molecule has 0 aliphatic rings. The zero-order chi connectivity index (χ0) is 19.9. The molecule has 0 aliphatic heterocycles. The second-order valence-corrected chi connectivity index (χ2v) is 7.74. The summed E-state index contributed by atoms with van der Waals surface area (Å²) in [5, 5.41) is 6.59. The van der Waals surface area contributed by atoms with Crippen LogP contribution >= 0.6 is 22.9 Å². The first-order valence-corrected chi connectivity index (χ1v) is 10.5. The van der Waals surface area contributed by atoms with E-state index in [4.69, 9.17) is 16.3 Å². The Labute approximate surface area is 174 Å². The summed E-state index contributed by atoms with van der Waals surface area (Å²) in [4.78, 5) is 16.9. The number of nitrogens with zero attached hydrogens (tertiary/aromatic N) is 1. The normalized spacial score (nSPS) is 11.8. The van der Waals surface area contributed by atoms with Gasteiger partial charge in [0.05, 0.1) is 5.69 Å². The van der Waals surface area contributed by atoms with Crippen LogP contribution in [0.2, 0.25) is 5.02 Å². The number of benzene rings is 2. The van der Waals surface area contributed by atoms with Crippen LogP contribution in [0.15, 0.2) is 53.9 Å². The lowest BCUT2D eigenvalue weighted by Gasteiger charge is -2.14. The van der Waals surface area contributed by atoms with Crippen LogP contribution in [0.3, 0.4) is 0 Å². The maximum Gasteiger partial charge on any atom is 0.260 e. The monoisotopic (exact) mass is 414 g/mol. The van der Waals surface area contributed by atoms with E-state index < -0.39 is 6.10 Å². The molecule has 6 heteroatoms. The van der Waals surface area contributed by atoms with Crippen LogP contribution in [0.4, 0.5) is 0 Å². The fraction of sp³-hybridized carbons (Fsp3) is 0.273. The molecule has 0 saturated carbocycles. The number of aromatic nitrogens is 1. The molecule has 1 amide bonds. The van der Waals surface area contributed by atoms with Gasteiger partial charge in [0.2, 0.25) is 0 Å². The summed E-state index contributed by atoms with van der Waals surface area (Å²) in [6.07, 6.45) is 1.10. The third-order valence-electron chi connectivity index (χ3n) is 4.34. The molecule has 0 fully saturated rings. The number of thiazole rings is 1. The number of hydrogen-bond acceptors (Lipinski definition) is 4. The van der Waals surface area contributed by atoms with Gasteiger partial charge in [-0.1, -0.05) is 42.8 Å². The fourth-order valence-corrected chi connectivity index (χ4v) is 3.65. The highest BCUT2D eigenvalue weighted by Gasteiger charge is 2.14. The highest BCUT2D eigenvalue weighted by molar-refractivity contribution is 7.13. The standard InChI is InChI=1S/C22H23ClN2O2S/c1-3-16-4-10-20(11-5-16)27-15(2)21(26)24-13-12-19-14-28-22(25-19)17-6-8-18(23)9-7-17/h4-11,14-15H,3,12-13H2,1-2H3,(H,24,26)/t15-/m0/s1. The largest absolute Gasteiger partial charge is 0.481 e. The zero-order valence-electron chi connectivity index (χ0n) is 15.9. The van der Waals surface area contributed by atoms with Gasteiger partial charge in [0.15, 0.2) is 6.10 Å². The van der Waals surface area contributed by atoms with Crippen molar-refractivity contribution in [3.05, 3.63) is 70.2 Å². The molecular formula is C22H23ClN2O2S. The van der Waals surface area contributed by atoms with E-state index in [-0.39, 0.29) is 5.91 Å². The number of hydrogen-bond donors (Lipinski definition) is 1. The first kappa shape index (κ1) is 20.4. The third-order valence-corrected chi connectivity index (χ3v) is 5.53. The van der Waals surface area contributed by atoms with Crippen molar-refractivity contribution in [2.45, 2.75) is 32.8 Å². The number of carbonyl (C=O) groups is 1. The number of amides is 1. The average molecular weight is 415 g/mol. The van der Waals surface area contributed by atoms with Crippen molar-refractivity contribution in [2.24, 2.45) is 0 Å². The Morgan fingerprint density at radius 1 is 1.18 bits per heavy atom. The molecule has 1 N–H and O–H groups in total. The third kappa shape index (κ3) is 5.57. The number of rotatable bonds is 8. The number of carbonyl (C=O) groups excluding carboxylic acids is 1. The van der Waals surface area contributed by atoms with E-state index in [9.17, 15) is 4.79 Å². The molecule has 1 aromatic heterocycles. The topological polar surface area (TPSA) is 51.2 Å². The van der Waals surface area contributed by atoms with Gasteiger partial charge in [-0.25, -0.2) is 4.98 Å². The molecule has 2 aromatic carbocycles. The van der Waals surface area contributed by atoms with Gasteiger partial charge in [0, 0.05) is 28.9 Å². The minimum absolute atomic E-state index is 0.132. The summed E-state index contributed by atoms with van der Waals surface area (Å²) in [6, 6.07) is 15.5. The van der Waals surface area contributed by atoms with Crippen LogP contribution in [-0.2, 0) is 17.6 Å². The maximum atomic E-state index is 12.3. The summed E-state index contributed by atoms with van der Waals surface area (Å²) in [5.41, 5.74) is 3.24. The Bertz CT molecular complexity index is 907. The van der Waals surface area contributed by atoms with Gasteiger partial charge in [0.1, 0.15) is 10.8 Å². The minimum Gasteiger partial charge on any atom is -0.481 e. The fourth-order valence-electron chi connectivity index (χ4n) is 2.67.